The first-order valence-corrected chi connectivity index (χ1v) is 7.48. The molecule has 1 aliphatic rings. The molecule has 2 aromatic rings. The van der Waals surface area contributed by atoms with E-state index in [1.54, 1.807) is 36.1 Å². The number of amides is 1. The first-order valence-electron chi connectivity index (χ1n) is 7.48. The quantitative estimate of drug-likeness (QED) is 0.930. The number of aliphatic carboxylic acids is 1. The maximum Gasteiger partial charge on any atom is 0.308 e. The van der Waals surface area contributed by atoms with Crippen LogP contribution in [-0.4, -0.2) is 45.1 Å². The fourth-order valence-electron chi connectivity index (χ4n) is 2.80. The molecule has 1 fully saturated rings. The van der Waals surface area contributed by atoms with Crippen molar-refractivity contribution in [1.29, 1.82) is 0 Å². The number of carbonyl (C=O) groups is 2. The van der Waals surface area contributed by atoms with Crippen LogP contribution in [-0.2, 0) is 4.79 Å². The van der Waals surface area contributed by atoms with Crippen LogP contribution in [0.3, 0.4) is 0 Å². The zero-order valence-corrected chi connectivity index (χ0v) is 12.7. The van der Waals surface area contributed by atoms with Crippen LogP contribution in [0, 0.1) is 12.8 Å². The van der Waals surface area contributed by atoms with E-state index >= 15 is 0 Å². The topological polar surface area (TPSA) is 96.5 Å². The van der Waals surface area contributed by atoms with Crippen molar-refractivity contribution in [2.75, 3.05) is 13.1 Å². The Bertz CT molecular complexity index is 740. The normalized spacial score (nSPS) is 18.0. The van der Waals surface area contributed by atoms with Gasteiger partial charge in [-0.1, -0.05) is 17.3 Å². The average molecular weight is 315 g/mol. The van der Waals surface area contributed by atoms with E-state index in [0.29, 0.717) is 42.2 Å². The predicted octanol–water partition coefficient (Wildman–Crippen LogP) is 1.98. The Hall–Kier alpha value is -2.70. The lowest BCUT2D eigenvalue weighted by molar-refractivity contribution is -0.143. The Morgan fingerprint density at radius 2 is 2.13 bits per heavy atom. The van der Waals surface area contributed by atoms with Crippen LogP contribution in [0.25, 0.3) is 11.5 Å². The van der Waals surface area contributed by atoms with E-state index in [-0.39, 0.29) is 12.5 Å². The molecule has 0 saturated carbocycles. The van der Waals surface area contributed by atoms with Gasteiger partial charge in [-0.2, -0.15) is 4.98 Å². The largest absolute Gasteiger partial charge is 0.481 e. The summed E-state index contributed by atoms with van der Waals surface area (Å²) in [6.07, 6.45) is 1.29. The smallest absolute Gasteiger partial charge is 0.308 e. The monoisotopic (exact) mass is 315 g/mol. The second-order valence-corrected chi connectivity index (χ2v) is 5.62. The Labute approximate surface area is 132 Å². The van der Waals surface area contributed by atoms with Crippen LogP contribution in [0.4, 0.5) is 0 Å². The molecule has 7 heteroatoms. The molecule has 23 heavy (non-hydrogen) atoms. The molecule has 1 atom stereocenters. The predicted molar refractivity (Wildman–Crippen MR) is 80.7 cm³/mol. The van der Waals surface area contributed by atoms with Crippen molar-refractivity contribution in [3.63, 3.8) is 0 Å². The van der Waals surface area contributed by atoms with Gasteiger partial charge in [0, 0.05) is 13.1 Å². The summed E-state index contributed by atoms with van der Waals surface area (Å²) in [5.41, 5.74) is 1.01. The molecule has 0 aliphatic carbocycles. The number of hydrogen-bond acceptors (Lipinski definition) is 5. The minimum Gasteiger partial charge on any atom is -0.481 e. The minimum absolute atomic E-state index is 0.206. The van der Waals surface area contributed by atoms with Gasteiger partial charge in [0.25, 0.3) is 11.8 Å². The van der Waals surface area contributed by atoms with E-state index in [2.05, 4.69) is 10.1 Å². The Morgan fingerprint density at radius 1 is 1.35 bits per heavy atom. The SMILES string of the molecule is Cc1noc(-c2ccccc2C(=O)N2CCC[C@@H](C(=O)O)C2)n1. The Balaban J connectivity index is 1.89. The van der Waals surface area contributed by atoms with Crippen LogP contribution in [0.1, 0.15) is 29.0 Å². The molecule has 120 valence electrons. The number of carboxylic acid groups (broad SMARTS) is 1. The van der Waals surface area contributed by atoms with Crippen LogP contribution in [0.15, 0.2) is 28.8 Å². The van der Waals surface area contributed by atoms with E-state index in [0.717, 1.165) is 0 Å². The van der Waals surface area contributed by atoms with Crippen LogP contribution < -0.4 is 0 Å². The number of hydrogen-bond donors (Lipinski definition) is 1. The summed E-state index contributed by atoms with van der Waals surface area (Å²) in [5.74, 6) is -0.791. The van der Waals surface area contributed by atoms with Crippen molar-refractivity contribution in [1.82, 2.24) is 15.0 Å². The van der Waals surface area contributed by atoms with Gasteiger partial charge in [-0.25, -0.2) is 0 Å². The summed E-state index contributed by atoms with van der Waals surface area (Å²) < 4.78 is 5.16. The highest BCUT2D eigenvalue weighted by Crippen LogP contribution is 2.25. The summed E-state index contributed by atoms with van der Waals surface area (Å²) in [7, 11) is 0. The van der Waals surface area contributed by atoms with Gasteiger partial charge in [-0.15, -0.1) is 0 Å². The summed E-state index contributed by atoms with van der Waals surface area (Å²) in [6, 6.07) is 7.00. The van der Waals surface area contributed by atoms with Gasteiger partial charge in [0.05, 0.1) is 17.0 Å². The van der Waals surface area contributed by atoms with E-state index in [9.17, 15) is 14.7 Å². The number of piperidine rings is 1. The molecule has 3 rings (SSSR count). The summed E-state index contributed by atoms with van der Waals surface area (Å²) in [5, 5.41) is 12.9. The highest BCUT2D eigenvalue weighted by atomic mass is 16.5. The van der Waals surface area contributed by atoms with Gasteiger partial charge in [0.1, 0.15) is 0 Å². The lowest BCUT2D eigenvalue weighted by Crippen LogP contribution is -2.42. The van der Waals surface area contributed by atoms with Crippen molar-refractivity contribution < 1.29 is 19.2 Å². The molecular formula is C16H17N3O4. The standard InChI is InChI=1S/C16H17N3O4/c1-10-17-14(23-18-10)12-6-2-3-7-13(12)15(20)19-8-4-5-11(9-19)16(21)22/h2-3,6-7,11H,4-5,8-9H2,1H3,(H,21,22)/t11-/m1/s1. The van der Waals surface area contributed by atoms with E-state index < -0.39 is 11.9 Å². The third-order valence-electron chi connectivity index (χ3n) is 3.97. The van der Waals surface area contributed by atoms with E-state index in [1.807, 2.05) is 0 Å². The summed E-state index contributed by atoms with van der Waals surface area (Å²) in [4.78, 5) is 29.7. The number of carbonyl (C=O) groups excluding carboxylic acids is 1. The Kier molecular flexibility index (Phi) is 4.10. The lowest BCUT2D eigenvalue weighted by atomic mass is 9.97. The molecule has 0 unspecified atom stereocenters. The number of carboxylic acids is 1. The molecule has 1 amide bonds. The van der Waals surface area contributed by atoms with Crippen molar-refractivity contribution in [3.05, 3.63) is 35.7 Å². The number of nitrogens with zero attached hydrogens (tertiary/aromatic N) is 3. The van der Waals surface area contributed by atoms with Gasteiger partial charge in [0.15, 0.2) is 5.82 Å². The van der Waals surface area contributed by atoms with Crippen LogP contribution in [0.5, 0.6) is 0 Å². The Morgan fingerprint density at radius 3 is 2.83 bits per heavy atom. The molecule has 1 aromatic heterocycles. The fourth-order valence-corrected chi connectivity index (χ4v) is 2.80. The molecule has 0 bridgehead atoms. The van der Waals surface area contributed by atoms with Gasteiger partial charge in [-0.3, -0.25) is 9.59 Å². The van der Waals surface area contributed by atoms with Gasteiger partial charge >= 0.3 is 5.97 Å². The zero-order chi connectivity index (χ0) is 16.4. The highest BCUT2D eigenvalue weighted by molar-refractivity contribution is 6.00. The van der Waals surface area contributed by atoms with Crippen molar-refractivity contribution in [2.45, 2.75) is 19.8 Å². The molecule has 1 aromatic carbocycles. The molecule has 2 heterocycles. The average Bonchev–Trinajstić information content (AvgIpc) is 3.00. The molecule has 1 N–H and O–H groups in total. The zero-order valence-electron chi connectivity index (χ0n) is 12.7. The molecule has 7 nitrogen and oxygen atoms in total. The van der Waals surface area contributed by atoms with Crippen molar-refractivity contribution >= 4 is 11.9 Å². The molecule has 0 radical (unpaired) electrons. The molecule has 0 spiro atoms. The number of aromatic nitrogens is 2. The third-order valence-corrected chi connectivity index (χ3v) is 3.97. The number of aryl methyl sites for hydroxylation is 1. The first-order chi connectivity index (χ1) is 11.1. The van der Waals surface area contributed by atoms with Crippen molar-refractivity contribution in [2.24, 2.45) is 5.92 Å². The second-order valence-electron chi connectivity index (χ2n) is 5.62. The third kappa shape index (κ3) is 3.08. The maximum atomic E-state index is 12.8. The fraction of sp³-hybridized carbons (Fsp3) is 0.375. The van der Waals surface area contributed by atoms with Gasteiger partial charge in [-0.05, 0) is 31.9 Å². The number of benzene rings is 1. The van der Waals surface area contributed by atoms with Gasteiger partial charge < -0.3 is 14.5 Å². The molecule has 1 saturated heterocycles. The van der Waals surface area contributed by atoms with E-state index in [4.69, 9.17) is 4.52 Å². The lowest BCUT2D eigenvalue weighted by Gasteiger charge is -2.31. The minimum atomic E-state index is -0.858. The summed E-state index contributed by atoms with van der Waals surface area (Å²) in [6.45, 7) is 2.49. The van der Waals surface area contributed by atoms with Crippen LogP contribution >= 0.6 is 0 Å². The molecule has 1 aliphatic heterocycles. The van der Waals surface area contributed by atoms with Crippen molar-refractivity contribution in [3.8, 4) is 11.5 Å². The number of rotatable bonds is 3. The second kappa shape index (κ2) is 6.20. The first kappa shape index (κ1) is 15.2. The highest BCUT2D eigenvalue weighted by Gasteiger charge is 2.30. The number of likely N-dealkylation sites (tertiary alicyclic amines) is 1. The molecular weight excluding hydrogens is 298 g/mol. The van der Waals surface area contributed by atoms with E-state index in [1.165, 1.54) is 0 Å². The van der Waals surface area contributed by atoms with Gasteiger partial charge in [0.2, 0.25) is 0 Å². The van der Waals surface area contributed by atoms with Crippen LogP contribution in [0.2, 0.25) is 0 Å². The summed E-state index contributed by atoms with van der Waals surface area (Å²) >= 11 is 0. The maximum absolute atomic E-state index is 12.8.